The molecule has 0 bridgehead atoms. The Morgan fingerprint density at radius 3 is 2.55 bits per heavy atom. The highest BCUT2D eigenvalue weighted by Crippen LogP contribution is 2.42. The predicted molar refractivity (Wildman–Crippen MR) is 123 cm³/mol. The molecular weight excluding hydrogens is 354 g/mol. The van der Waals surface area contributed by atoms with E-state index in [1.54, 1.807) is 0 Å². The van der Waals surface area contributed by atoms with Gasteiger partial charge in [-0.15, -0.1) is 0 Å². The minimum atomic E-state index is 0.508. The molecule has 0 saturated carbocycles. The molecule has 0 saturated heterocycles. The van der Waals surface area contributed by atoms with Gasteiger partial charge in [-0.3, -0.25) is 4.99 Å². The summed E-state index contributed by atoms with van der Waals surface area (Å²) in [6, 6.07) is 18.2. The van der Waals surface area contributed by atoms with Crippen LogP contribution in [-0.2, 0) is 6.54 Å². The molecule has 3 heteroatoms. The molecule has 0 aromatic heterocycles. The average Bonchev–Trinajstić information content (AvgIpc) is 3.06. The van der Waals surface area contributed by atoms with Gasteiger partial charge in [-0.1, -0.05) is 65.8 Å². The zero-order valence-electron chi connectivity index (χ0n) is 17.4. The molecule has 2 atom stereocenters. The van der Waals surface area contributed by atoms with Crippen molar-refractivity contribution in [3.05, 3.63) is 83.5 Å². The van der Waals surface area contributed by atoms with E-state index >= 15 is 0 Å². The zero-order chi connectivity index (χ0) is 19.8. The van der Waals surface area contributed by atoms with E-state index < -0.39 is 0 Å². The fourth-order valence-corrected chi connectivity index (χ4v) is 4.76. The Bertz CT molecular complexity index is 983. The maximum atomic E-state index is 5.00. The molecule has 2 aromatic carbocycles. The summed E-state index contributed by atoms with van der Waals surface area (Å²) in [6.07, 6.45) is 10.5. The Morgan fingerprint density at radius 2 is 1.79 bits per heavy atom. The van der Waals surface area contributed by atoms with E-state index in [1.165, 1.54) is 34.5 Å². The number of aryl methyl sites for hydroxylation is 1. The Morgan fingerprint density at radius 1 is 1.00 bits per heavy atom. The molecule has 2 aromatic rings. The summed E-state index contributed by atoms with van der Waals surface area (Å²) in [5.74, 6) is 1.76. The molecule has 1 aliphatic carbocycles. The van der Waals surface area contributed by atoms with Gasteiger partial charge in [0.2, 0.25) is 5.96 Å². The third-order valence-electron chi connectivity index (χ3n) is 6.38. The third-order valence-corrected chi connectivity index (χ3v) is 6.38. The van der Waals surface area contributed by atoms with Gasteiger partial charge in [0.25, 0.3) is 0 Å². The lowest BCUT2D eigenvalue weighted by atomic mass is 9.89. The SMILES string of the molecule is CC1=CCC(CC2CCN=C3N(Cc4ccc(C)cc4)c4ccccc4N32)C=C1. The van der Waals surface area contributed by atoms with E-state index in [9.17, 15) is 0 Å². The highest BCUT2D eigenvalue weighted by molar-refractivity contribution is 6.16. The standard InChI is InChI=1S/C26H29N3/c1-19-7-11-21(12-8-19)17-23-15-16-27-26-28(18-22-13-9-20(2)10-14-22)24-5-3-4-6-25(24)29(23)26/h3-11,13-14,21,23H,12,15-18H2,1-2H3. The first-order valence-electron chi connectivity index (χ1n) is 10.8. The van der Waals surface area contributed by atoms with Gasteiger partial charge in [0.05, 0.1) is 17.9 Å². The summed E-state index contributed by atoms with van der Waals surface area (Å²) in [5, 5.41) is 0. The van der Waals surface area contributed by atoms with E-state index in [4.69, 9.17) is 4.99 Å². The number of aliphatic imine (C=N–C) groups is 1. The van der Waals surface area contributed by atoms with Gasteiger partial charge in [0.1, 0.15) is 0 Å². The highest BCUT2D eigenvalue weighted by Gasteiger charge is 2.39. The van der Waals surface area contributed by atoms with Crippen LogP contribution < -0.4 is 9.80 Å². The fourth-order valence-electron chi connectivity index (χ4n) is 4.76. The lowest BCUT2D eigenvalue weighted by molar-refractivity contribution is 0.472. The average molecular weight is 384 g/mol. The highest BCUT2D eigenvalue weighted by atomic mass is 15.5. The van der Waals surface area contributed by atoms with Gasteiger partial charge >= 0.3 is 0 Å². The quantitative estimate of drug-likeness (QED) is 0.658. The lowest BCUT2D eigenvalue weighted by Crippen LogP contribution is -2.48. The number of nitrogens with zero attached hydrogens (tertiary/aromatic N) is 3. The molecule has 2 aliphatic heterocycles. The van der Waals surface area contributed by atoms with Crippen molar-refractivity contribution in [1.82, 2.24) is 0 Å². The molecule has 2 heterocycles. The number of anilines is 2. The minimum Gasteiger partial charge on any atom is -0.307 e. The van der Waals surface area contributed by atoms with Crippen LogP contribution in [0.2, 0.25) is 0 Å². The van der Waals surface area contributed by atoms with Crippen molar-refractivity contribution in [3.8, 4) is 0 Å². The van der Waals surface area contributed by atoms with Crippen LogP contribution in [0.4, 0.5) is 11.4 Å². The summed E-state index contributed by atoms with van der Waals surface area (Å²) in [7, 11) is 0. The Labute approximate surface area is 174 Å². The second-order valence-electron chi connectivity index (χ2n) is 8.59. The maximum Gasteiger partial charge on any atom is 0.206 e. The molecule has 3 nitrogen and oxygen atoms in total. The smallest absolute Gasteiger partial charge is 0.206 e. The Kier molecular flexibility index (Phi) is 4.75. The molecular formula is C26H29N3. The van der Waals surface area contributed by atoms with E-state index in [0.717, 1.165) is 31.9 Å². The van der Waals surface area contributed by atoms with Gasteiger partial charge in [-0.25, -0.2) is 0 Å². The van der Waals surface area contributed by atoms with Gasteiger partial charge in [-0.2, -0.15) is 0 Å². The molecule has 0 spiro atoms. The summed E-state index contributed by atoms with van der Waals surface area (Å²) >= 11 is 0. The molecule has 2 unspecified atom stereocenters. The topological polar surface area (TPSA) is 18.8 Å². The first kappa shape index (κ1) is 18.2. The summed E-state index contributed by atoms with van der Waals surface area (Å²) < 4.78 is 0. The lowest BCUT2D eigenvalue weighted by Gasteiger charge is -2.36. The monoisotopic (exact) mass is 383 g/mol. The largest absolute Gasteiger partial charge is 0.307 e. The fraction of sp³-hybridized carbons (Fsp3) is 0.346. The first-order valence-corrected chi connectivity index (χ1v) is 10.8. The van der Waals surface area contributed by atoms with Crippen LogP contribution in [0.3, 0.4) is 0 Å². The third kappa shape index (κ3) is 3.50. The summed E-state index contributed by atoms with van der Waals surface area (Å²) in [6.45, 7) is 6.12. The Hall–Kier alpha value is -2.81. The molecule has 29 heavy (non-hydrogen) atoms. The first-order chi connectivity index (χ1) is 14.2. The van der Waals surface area contributed by atoms with E-state index in [1.807, 2.05) is 0 Å². The van der Waals surface area contributed by atoms with Crippen molar-refractivity contribution >= 4 is 17.3 Å². The van der Waals surface area contributed by atoms with Crippen LogP contribution in [0, 0.1) is 12.8 Å². The second kappa shape index (κ2) is 7.55. The molecule has 0 fully saturated rings. The summed E-state index contributed by atoms with van der Waals surface area (Å²) in [4.78, 5) is 9.92. The van der Waals surface area contributed by atoms with Crippen molar-refractivity contribution in [3.63, 3.8) is 0 Å². The number of guanidine groups is 1. The Balaban J connectivity index is 1.44. The van der Waals surface area contributed by atoms with Crippen LogP contribution in [-0.4, -0.2) is 18.5 Å². The van der Waals surface area contributed by atoms with Gasteiger partial charge in [0, 0.05) is 12.6 Å². The van der Waals surface area contributed by atoms with Crippen molar-refractivity contribution in [1.29, 1.82) is 0 Å². The molecule has 0 amide bonds. The van der Waals surface area contributed by atoms with Crippen molar-refractivity contribution in [2.45, 2.75) is 45.7 Å². The number of rotatable bonds is 4. The zero-order valence-corrected chi connectivity index (χ0v) is 17.4. The number of fused-ring (bicyclic) bond motifs is 3. The van der Waals surface area contributed by atoms with Crippen molar-refractivity contribution < 1.29 is 0 Å². The number of para-hydroxylation sites is 2. The normalized spacial score (nSPS) is 22.8. The number of benzene rings is 2. The summed E-state index contributed by atoms with van der Waals surface area (Å²) in [5.41, 5.74) is 6.62. The number of hydrogen-bond donors (Lipinski definition) is 0. The second-order valence-corrected chi connectivity index (χ2v) is 8.59. The van der Waals surface area contributed by atoms with E-state index in [0.29, 0.717) is 12.0 Å². The van der Waals surface area contributed by atoms with Crippen LogP contribution in [0.5, 0.6) is 0 Å². The predicted octanol–water partition coefficient (Wildman–Crippen LogP) is 5.86. The van der Waals surface area contributed by atoms with Crippen LogP contribution in [0.1, 0.15) is 37.3 Å². The van der Waals surface area contributed by atoms with Crippen LogP contribution in [0.25, 0.3) is 0 Å². The number of hydrogen-bond acceptors (Lipinski definition) is 3. The minimum absolute atomic E-state index is 0.508. The van der Waals surface area contributed by atoms with Gasteiger partial charge in [-0.05, 0) is 56.7 Å². The number of allylic oxidation sites excluding steroid dienone is 4. The van der Waals surface area contributed by atoms with E-state index in [-0.39, 0.29) is 0 Å². The molecule has 3 aliphatic rings. The van der Waals surface area contributed by atoms with Gasteiger partial charge < -0.3 is 9.80 Å². The molecule has 148 valence electrons. The van der Waals surface area contributed by atoms with Gasteiger partial charge in [0.15, 0.2) is 0 Å². The van der Waals surface area contributed by atoms with Crippen LogP contribution in [0.15, 0.2) is 77.3 Å². The molecule has 5 rings (SSSR count). The van der Waals surface area contributed by atoms with Crippen LogP contribution >= 0.6 is 0 Å². The van der Waals surface area contributed by atoms with Crippen molar-refractivity contribution in [2.75, 3.05) is 16.3 Å². The van der Waals surface area contributed by atoms with E-state index in [2.05, 4.69) is 90.4 Å². The maximum absolute atomic E-state index is 5.00. The molecule has 0 radical (unpaired) electrons. The molecule has 0 N–H and O–H groups in total. The van der Waals surface area contributed by atoms with Crippen molar-refractivity contribution in [2.24, 2.45) is 10.9 Å².